The molecule has 2 atom stereocenters. The summed E-state index contributed by atoms with van der Waals surface area (Å²) in [5.74, 6) is 0.338. The fourth-order valence-electron chi connectivity index (χ4n) is 1.27. The Kier molecular flexibility index (Phi) is 3.23. The minimum absolute atomic E-state index is 0.0165. The molecule has 0 amide bonds. The Morgan fingerprint density at radius 3 is 2.92 bits per heavy atom. The summed E-state index contributed by atoms with van der Waals surface area (Å²) in [5.41, 5.74) is 0. The van der Waals surface area contributed by atoms with Crippen molar-refractivity contribution in [3.63, 3.8) is 0 Å². The van der Waals surface area contributed by atoms with Crippen LogP contribution >= 0.6 is 0 Å². The average molecular weight is 166 g/mol. The molecule has 12 heavy (non-hydrogen) atoms. The van der Waals surface area contributed by atoms with Gasteiger partial charge >= 0.3 is 0 Å². The van der Waals surface area contributed by atoms with E-state index in [1.54, 1.807) is 12.2 Å². The molecule has 1 rings (SSSR count). The molecular formula is C10H14O2. The Morgan fingerprint density at radius 2 is 2.33 bits per heavy atom. The van der Waals surface area contributed by atoms with Gasteiger partial charge in [0.2, 0.25) is 0 Å². The molecule has 0 fully saturated rings. The van der Waals surface area contributed by atoms with Crippen LogP contribution in [0.5, 0.6) is 0 Å². The van der Waals surface area contributed by atoms with Crippen molar-refractivity contribution in [3.05, 3.63) is 24.3 Å². The van der Waals surface area contributed by atoms with Gasteiger partial charge in [0.25, 0.3) is 0 Å². The van der Waals surface area contributed by atoms with Crippen molar-refractivity contribution >= 4 is 5.78 Å². The van der Waals surface area contributed by atoms with E-state index in [0.717, 1.165) is 6.42 Å². The monoisotopic (exact) mass is 166 g/mol. The molecule has 0 spiro atoms. The molecular weight excluding hydrogens is 152 g/mol. The van der Waals surface area contributed by atoms with Gasteiger partial charge in [-0.2, -0.15) is 0 Å². The van der Waals surface area contributed by atoms with E-state index in [9.17, 15) is 4.79 Å². The predicted molar refractivity (Wildman–Crippen MR) is 47.6 cm³/mol. The zero-order chi connectivity index (χ0) is 8.97. The Bertz CT molecular complexity index is 216. The lowest BCUT2D eigenvalue weighted by molar-refractivity contribution is -0.117. The molecule has 2 heteroatoms. The highest BCUT2D eigenvalue weighted by atomic mass is 16.3. The largest absolute Gasteiger partial charge is 0.396 e. The standard InChI is InChI=1S/C10H14O2/c1-8(7-11)6-9-4-2-3-5-10(9)12/h2-5,8-9,11H,6-7H2,1H3. The normalized spacial score (nSPS) is 24.5. The van der Waals surface area contributed by atoms with E-state index in [0.29, 0.717) is 0 Å². The summed E-state index contributed by atoms with van der Waals surface area (Å²) in [5, 5.41) is 8.80. The number of ketones is 1. The van der Waals surface area contributed by atoms with Gasteiger partial charge < -0.3 is 5.11 Å². The minimum atomic E-state index is -0.0165. The van der Waals surface area contributed by atoms with Gasteiger partial charge in [0.05, 0.1) is 0 Å². The lowest BCUT2D eigenvalue weighted by Gasteiger charge is -2.15. The summed E-state index contributed by atoms with van der Waals surface area (Å²) in [7, 11) is 0. The van der Waals surface area contributed by atoms with Crippen molar-refractivity contribution in [2.24, 2.45) is 11.8 Å². The van der Waals surface area contributed by atoms with Gasteiger partial charge in [0, 0.05) is 12.5 Å². The Balaban J connectivity index is 2.47. The molecule has 0 saturated carbocycles. The lowest BCUT2D eigenvalue weighted by atomic mass is 9.90. The van der Waals surface area contributed by atoms with Crippen LogP contribution in [0, 0.1) is 11.8 Å². The molecule has 0 radical (unpaired) electrons. The fraction of sp³-hybridized carbons (Fsp3) is 0.500. The highest BCUT2D eigenvalue weighted by Crippen LogP contribution is 2.17. The number of aliphatic hydroxyl groups is 1. The third-order valence-corrected chi connectivity index (χ3v) is 2.05. The van der Waals surface area contributed by atoms with Crippen molar-refractivity contribution in [2.45, 2.75) is 13.3 Å². The van der Waals surface area contributed by atoms with E-state index in [1.165, 1.54) is 0 Å². The van der Waals surface area contributed by atoms with Gasteiger partial charge in [-0.25, -0.2) is 0 Å². The number of aliphatic hydroxyl groups excluding tert-OH is 1. The predicted octanol–water partition coefficient (Wildman–Crippen LogP) is 1.32. The average Bonchev–Trinajstić information content (AvgIpc) is 2.09. The van der Waals surface area contributed by atoms with E-state index in [2.05, 4.69) is 0 Å². The molecule has 0 aromatic carbocycles. The maximum Gasteiger partial charge on any atom is 0.162 e. The number of hydrogen-bond donors (Lipinski definition) is 1. The number of rotatable bonds is 3. The Hall–Kier alpha value is -0.890. The SMILES string of the molecule is CC(CO)CC1C=CC=CC1=O. The molecule has 0 heterocycles. The van der Waals surface area contributed by atoms with Gasteiger partial charge in [0.15, 0.2) is 5.78 Å². The maximum atomic E-state index is 11.2. The number of carbonyl (C=O) groups is 1. The van der Waals surface area contributed by atoms with Crippen LogP contribution in [0.15, 0.2) is 24.3 Å². The highest BCUT2D eigenvalue weighted by molar-refractivity contribution is 5.94. The molecule has 0 bridgehead atoms. The Morgan fingerprint density at radius 1 is 1.58 bits per heavy atom. The van der Waals surface area contributed by atoms with Crippen LogP contribution in [0.1, 0.15) is 13.3 Å². The van der Waals surface area contributed by atoms with Gasteiger partial charge in [-0.15, -0.1) is 0 Å². The number of hydrogen-bond acceptors (Lipinski definition) is 2. The van der Waals surface area contributed by atoms with E-state index in [1.807, 2.05) is 19.1 Å². The van der Waals surface area contributed by atoms with Crippen LogP contribution in [0.2, 0.25) is 0 Å². The molecule has 66 valence electrons. The first-order valence-electron chi connectivity index (χ1n) is 4.23. The van der Waals surface area contributed by atoms with Crippen molar-refractivity contribution in [1.82, 2.24) is 0 Å². The maximum absolute atomic E-state index is 11.2. The van der Waals surface area contributed by atoms with Crippen LogP contribution < -0.4 is 0 Å². The third-order valence-electron chi connectivity index (χ3n) is 2.05. The summed E-state index contributed by atoms with van der Waals surface area (Å²) >= 11 is 0. The number of allylic oxidation sites excluding steroid dienone is 4. The highest BCUT2D eigenvalue weighted by Gasteiger charge is 2.17. The van der Waals surface area contributed by atoms with Gasteiger partial charge in [-0.05, 0) is 18.4 Å². The molecule has 0 saturated heterocycles. The first-order valence-corrected chi connectivity index (χ1v) is 4.23. The first-order chi connectivity index (χ1) is 5.74. The van der Waals surface area contributed by atoms with Gasteiger partial charge in [-0.3, -0.25) is 4.79 Å². The van der Waals surface area contributed by atoms with Crippen molar-refractivity contribution in [3.8, 4) is 0 Å². The quantitative estimate of drug-likeness (QED) is 0.686. The second kappa shape index (κ2) is 4.21. The van der Waals surface area contributed by atoms with Crippen LogP contribution in [-0.4, -0.2) is 17.5 Å². The van der Waals surface area contributed by atoms with E-state index in [4.69, 9.17) is 5.11 Å². The Labute approximate surface area is 72.6 Å². The molecule has 2 nitrogen and oxygen atoms in total. The van der Waals surface area contributed by atoms with Crippen LogP contribution in [0.25, 0.3) is 0 Å². The third kappa shape index (κ3) is 2.31. The van der Waals surface area contributed by atoms with Crippen LogP contribution in [-0.2, 0) is 4.79 Å². The molecule has 1 aliphatic rings. The zero-order valence-corrected chi connectivity index (χ0v) is 7.23. The van der Waals surface area contributed by atoms with Crippen molar-refractivity contribution < 1.29 is 9.90 Å². The van der Waals surface area contributed by atoms with Crippen LogP contribution in [0.3, 0.4) is 0 Å². The minimum Gasteiger partial charge on any atom is -0.396 e. The van der Waals surface area contributed by atoms with E-state index >= 15 is 0 Å². The number of carbonyl (C=O) groups excluding carboxylic acids is 1. The molecule has 2 unspecified atom stereocenters. The van der Waals surface area contributed by atoms with E-state index in [-0.39, 0.29) is 24.2 Å². The summed E-state index contributed by atoms with van der Waals surface area (Å²) in [6.45, 7) is 2.10. The summed E-state index contributed by atoms with van der Waals surface area (Å²) < 4.78 is 0. The summed E-state index contributed by atoms with van der Waals surface area (Å²) in [4.78, 5) is 11.2. The molecule has 0 aromatic heterocycles. The van der Waals surface area contributed by atoms with Crippen molar-refractivity contribution in [1.29, 1.82) is 0 Å². The van der Waals surface area contributed by atoms with Gasteiger partial charge in [-0.1, -0.05) is 25.2 Å². The summed E-state index contributed by atoms with van der Waals surface area (Å²) in [6, 6.07) is 0. The lowest BCUT2D eigenvalue weighted by Crippen LogP contribution is -2.16. The summed E-state index contributed by atoms with van der Waals surface area (Å²) in [6.07, 6.45) is 7.87. The topological polar surface area (TPSA) is 37.3 Å². The molecule has 1 aliphatic carbocycles. The molecule has 0 aromatic rings. The second-order valence-electron chi connectivity index (χ2n) is 3.28. The van der Waals surface area contributed by atoms with E-state index < -0.39 is 0 Å². The first kappa shape index (κ1) is 9.20. The zero-order valence-electron chi connectivity index (χ0n) is 7.23. The van der Waals surface area contributed by atoms with Crippen molar-refractivity contribution in [2.75, 3.05) is 6.61 Å². The molecule has 1 N–H and O–H groups in total. The molecule has 0 aliphatic heterocycles. The van der Waals surface area contributed by atoms with Crippen LogP contribution in [0.4, 0.5) is 0 Å². The fourth-order valence-corrected chi connectivity index (χ4v) is 1.27. The second-order valence-corrected chi connectivity index (χ2v) is 3.28. The smallest absolute Gasteiger partial charge is 0.162 e. The van der Waals surface area contributed by atoms with Gasteiger partial charge in [0.1, 0.15) is 0 Å².